The smallest absolute Gasteiger partial charge is 0.226 e. The molecule has 1 aromatic heterocycles. The summed E-state index contributed by atoms with van der Waals surface area (Å²) in [6.07, 6.45) is 6.18. The number of carbonyl (C=O) groups is 1. The Labute approximate surface area is 146 Å². The average molecular weight is 342 g/mol. The first-order valence-electron chi connectivity index (χ1n) is 8.63. The summed E-state index contributed by atoms with van der Waals surface area (Å²) in [4.78, 5) is 19.9. The number of para-hydroxylation sites is 1. The number of carbonyl (C=O) groups excluding carboxylic acids is 1. The summed E-state index contributed by atoms with van der Waals surface area (Å²) in [5.41, 5.74) is 1.04. The van der Waals surface area contributed by atoms with E-state index in [1.165, 1.54) is 4.70 Å². The number of benzene rings is 1. The molecule has 0 N–H and O–H groups in total. The molecular formula is C19H22N2O2S. The van der Waals surface area contributed by atoms with Crippen molar-refractivity contribution in [3.8, 4) is 0 Å². The maximum atomic E-state index is 13.1. The lowest BCUT2D eigenvalue weighted by Gasteiger charge is -2.36. The lowest BCUT2D eigenvalue weighted by Crippen LogP contribution is -2.48. The van der Waals surface area contributed by atoms with Crippen molar-refractivity contribution in [2.45, 2.75) is 31.8 Å². The van der Waals surface area contributed by atoms with Crippen LogP contribution in [-0.2, 0) is 9.53 Å². The summed E-state index contributed by atoms with van der Waals surface area (Å²) in [7, 11) is 0. The molecule has 4 nitrogen and oxygen atoms in total. The molecule has 2 aliphatic rings. The Balaban J connectivity index is 1.61. The van der Waals surface area contributed by atoms with Gasteiger partial charge in [-0.25, -0.2) is 4.98 Å². The number of morpholine rings is 1. The predicted molar refractivity (Wildman–Crippen MR) is 96.2 cm³/mol. The van der Waals surface area contributed by atoms with Gasteiger partial charge in [-0.05, 0) is 31.9 Å². The summed E-state index contributed by atoms with van der Waals surface area (Å²) in [5.74, 6) is 0.456. The normalized spacial score (nSPS) is 27.5. The van der Waals surface area contributed by atoms with Crippen molar-refractivity contribution >= 4 is 27.5 Å². The zero-order valence-corrected chi connectivity index (χ0v) is 14.7. The highest BCUT2D eigenvalue weighted by Crippen LogP contribution is 2.39. The summed E-state index contributed by atoms with van der Waals surface area (Å²) in [6.45, 7) is 4.08. The van der Waals surface area contributed by atoms with Crippen molar-refractivity contribution in [2.75, 3.05) is 19.7 Å². The number of rotatable bonds is 2. The van der Waals surface area contributed by atoms with Crippen molar-refractivity contribution in [1.82, 2.24) is 9.88 Å². The Morgan fingerprint density at radius 2 is 2.12 bits per heavy atom. The lowest BCUT2D eigenvalue weighted by molar-refractivity contribution is -0.143. The number of nitrogens with zero attached hydrogens (tertiary/aromatic N) is 2. The highest BCUT2D eigenvalue weighted by atomic mass is 32.1. The van der Waals surface area contributed by atoms with E-state index in [1.54, 1.807) is 11.3 Å². The molecule has 24 heavy (non-hydrogen) atoms. The molecule has 2 aromatic rings. The minimum absolute atomic E-state index is 0.000798. The van der Waals surface area contributed by atoms with E-state index in [2.05, 4.69) is 24.3 Å². The molecule has 1 saturated heterocycles. The Hall–Kier alpha value is -1.72. The zero-order chi connectivity index (χ0) is 16.5. The Morgan fingerprint density at radius 3 is 2.96 bits per heavy atom. The predicted octanol–water partition coefficient (Wildman–Crippen LogP) is 3.59. The fourth-order valence-electron chi connectivity index (χ4n) is 3.66. The second kappa shape index (κ2) is 6.65. The summed E-state index contributed by atoms with van der Waals surface area (Å²) < 4.78 is 6.78. The molecule has 1 aliphatic heterocycles. The first-order chi connectivity index (χ1) is 11.7. The van der Waals surface area contributed by atoms with Crippen LogP contribution in [0, 0.1) is 5.92 Å². The van der Waals surface area contributed by atoms with Crippen molar-refractivity contribution < 1.29 is 9.53 Å². The van der Waals surface area contributed by atoms with Crippen LogP contribution in [0.5, 0.6) is 0 Å². The van der Waals surface area contributed by atoms with Crippen LogP contribution in [0.2, 0.25) is 0 Å². The highest BCUT2D eigenvalue weighted by molar-refractivity contribution is 7.18. The van der Waals surface area contributed by atoms with Crippen molar-refractivity contribution in [1.29, 1.82) is 0 Å². The third kappa shape index (κ3) is 2.98. The Bertz CT molecular complexity index is 737. The molecule has 0 bridgehead atoms. The molecule has 126 valence electrons. The minimum atomic E-state index is 0.000798. The second-order valence-electron chi connectivity index (χ2n) is 6.64. The van der Waals surface area contributed by atoms with Gasteiger partial charge in [0, 0.05) is 19.0 Å². The average Bonchev–Trinajstić information content (AvgIpc) is 3.05. The van der Waals surface area contributed by atoms with Gasteiger partial charge in [0.05, 0.1) is 33.9 Å². The third-order valence-corrected chi connectivity index (χ3v) is 6.10. The van der Waals surface area contributed by atoms with Gasteiger partial charge in [-0.2, -0.15) is 0 Å². The molecular weight excluding hydrogens is 320 g/mol. The second-order valence-corrected chi connectivity index (χ2v) is 7.70. The Kier molecular flexibility index (Phi) is 4.37. The van der Waals surface area contributed by atoms with E-state index in [4.69, 9.17) is 9.72 Å². The molecule has 3 atom stereocenters. The maximum Gasteiger partial charge on any atom is 0.226 e. The number of fused-ring (bicyclic) bond motifs is 1. The van der Waals surface area contributed by atoms with Crippen molar-refractivity contribution in [3.63, 3.8) is 0 Å². The van der Waals surface area contributed by atoms with E-state index in [9.17, 15) is 4.79 Å². The monoisotopic (exact) mass is 342 g/mol. The van der Waals surface area contributed by atoms with E-state index >= 15 is 0 Å². The number of hydrogen-bond donors (Lipinski definition) is 0. The molecule has 1 aromatic carbocycles. The first-order valence-corrected chi connectivity index (χ1v) is 9.45. The number of allylic oxidation sites excluding steroid dienone is 2. The SMILES string of the molecule is C[C@@H]1CN(C(=O)[C@@H]2CC=CC[C@H]2c2nc3ccccc3s2)CCO1. The maximum absolute atomic E-state index is 13.1. The van der Waals surface area contributed by atoms with Gasteiger partial charge in [-0.15, -0.1) is 11.3 Å². The molecule has 0 radical (unpaired) electrons. The first kappa shape index (κ1) is 15.8. The molecule has 0 unspecified atom stereocenters. The van der Waals surface area contributed by atoms with Gasteiger partial charge in [0.15, 0.2) is 0 Å². The van der Waals surface area contributed by atoms with Crippen LogP contribution >= 0.6 is 11.3 Å². The lowest BCUT2D eigenvalue weighted by atomic mass is 9.82. The van der Waals surface area contributed by atoms with Crippen LogP contribution in [0.15, 0.2) is 36.4 Å². The molecule has 2 heterocycles. The van der Waals surface area contributed by atoms with Crippen LogP contribution in [0.25, 0.3) is 10.2 Å². The van der Waals surface area contributed by atoms with E-state index in [-0.39, 0.29) is 23.8 Å². The zero-order valence-electron chi connectivity index (χ0n) is 13.9. The highest BCUT2D eigenvalue weighted by Gasteiger charge is 2.36. The van der Waals surface area contributed by atoms with Gasteiger partial charge in [-0.3, -0.25) is 4.79 Å². The fraction of sp³-hybridized carbons (Fsp3) is 0.474. The number of thiazole rings is 1. The topological polar surface area (TPSA) is 42.4 Å². The molecule has 4 rings (SSSR count). The van der Waals surface area contributed by atoms with Crippen LogP contribution in [0.3, 0.4) is 0 Å². The van der Waals surface area contributed by atoms with Gasteiger partial charge in [0.25, 0.3) is 0 Å². The quantitative estimate of drug-likeness (QED) is 0.783. The van der Waals surface area contributed by atoms with Gasteiger partial charge in [-0.1, -0.05) is 24.3 Å². The van der Waals surface area contributed by atoms with E-state index in [0.717, 1.165) is 23.4 Å². The van der Waals surface area contributed by atoms with Crippen LogP contribution in [0.4, 0.5) is 0 Å². The van der Waals surface area contributed by atoms with Crippen molar-refractivity contribution in [3.05, 3.63) is 41.4 Å². The van der Waals surface area contributed by atoms with Crippen LogP contribution in [-0.4, -0.2) is 41.6 Å². The minimum Gasteiger partial charge on any atom is -0.375 e. The molecule has 5 heteroatoms. The third-order valence-electron chi connectivity index (χ3n) is 4.93. The number of hydrogen-bond acceptors (Lipinski definition) is 4. The van der Waals surface area contributed by atoms with E-state index < -0.39 is 0 Å². The molecule has 1 fully saturated rings. The molecule has 0 saturated carbocycles. The van der Waals surface area contributed by atoms with Gasteiger partial charge >= 0.3 is 0 Å². The fourth-order valence-corrected chi connectivity index (χ4v) is 4.81. The molecule has 1 amide bonds. The van der Waals surface area contributed by atoms with E-state index in [1.807, 2.05) is 24.0 Å². The standard InChI is InChI=1S/C19H22N2O2S/c1-13-12-21(10-11-23-13)19(22)15-7-3-2-6-14(15)18-20-16-8-4-5-9-17(16)24-18/h2-5,8-9,13-15H,6-7,10-12H2,1H3/t13-,14-,15-/m1/s1. The van der Waals surface area contributed by atoms with Gasteiger partial charge in [0.1, 0.15) is 0 Å². The number of aromatic nitrogens is 1. The summed E-state index contributed by atoms with van der Waals surface area (Å²) in [5, 5.41) is 1.10. The summed E-state index contributed by atoms with van der Waals surface area (Å²) >= 11 is 1.73. The van der Waals surface area contributed by atoms with Crippen LogP contribution < -0.4 is 0 Å². The number of ether oxygens (including phenoxy) is 1. The number of amides is 1. The molecule has 0 spiro atoms. The van der Waals surface area contributed by atoms with Gasteiger partial charge < -0.3 is 9.64 Å². The van der Waals surface area contributed by atoms with E-state index in [0.29, 0.717) is 19.7 Å². The Morgan fingerprint density at radius 1 is 1.29 bits per heavy atom. The summed E-state index contributed by atoms with van der Waals surface area (Å²) in [6, 6.07) is 8.22. The molecule has 1 aliphatic carbocycles. The largest absolute Gasteiger partial charge is 0.375 e. The van der Waals surface area contributed by atoms with Crippen molar-refractivity contribution in [2.24, 2.45) is 5.92 Å². The van der Waals surface area contributed by atoms with Crippen LogP contribution in [0.1, 0.15) is 30.7 Å². The van der Waals surface area contributed by atoms with Gasteiger partial charge in [0.2, 0.25) is 5.91 Å².